The number of nitrogens with two attached hydrogens (primary N) is 1. The molecule has 0 aliphatic carbocycles. The SMILES string of the molecule is Nn1c(SCC(=O)N(Cc2ccco2)c2ccccc2)nnc1-c1ccccc1F. The van der Waals surface area contributed by atoms with Crippen LogP contribution in [0.25, 0.3) is 11.4 Å². The lowest BCUT2D eigenvalue weighted by Crippen LogP contribution is -2.32. The van der Waals surface area contributed by atoms with Gasteiger partial charge >= 0.3 is 0 Å². The third-order valence-electron chi connectivity index (χ3n) is 4.37. The van der Waals surface area contributed by atoms with Crippen LogP contribution in [0, 0.1) is 5.82 Å². The second kappa shape index (κ2) is 8.83. The molecule has 2 N–H and O–H groups in total. The fourth-order valence-electron chi connectivity index (χ4n) is 2.90. The molecule has 2 heterocycles. The Kier molecular flexibility index (Phi) is 5.80. The quantitative estimate of drug-likeness (QED) is 0.360. The summed E-state index contributed by atoms with van der Waals surface area (Å²) in [7, 11) is 0. The number of para-hydroxylation sites is 1. The van der Waals surface area contributed by atoms with Gasteiger partial charge in [0.2, 0.25) is 11.1 Å². The molecule has 0 saturated heterocycles. The molecular formula is C21H18FN5O2S. The number of amides is 1. The summed E-state index contributed by atoms with van der Waals surface area (Å²) in [5, 5.41) is 8.30. The third kappa shape index (κ3) is 4.20. The molecule has 0 saturated carbocycles. The van der Waals surface area contributed by atoms with Crippen molar-refractivity contribution in [1.29, 1.82) is 0 Å². The lowest BCUT2D eigenvalue weighted by molar-refractivity contribution is -0.116. The van der Waals surface area contributed by atoms with Crippen molar-refractivity contribution in [2.24, 2.45) is 0 Å². The summed E-state index contributed by atoms with van der Waals surface area (Å²) in [6, 6.07) is 19.1. The van der Waals surface area contributed by atoms with Gasteiger partial charge in [-0.1, -0.05) is 42.1 Å². The molecule has 0 atom stereocenters. The number of nitrogen functional groups attached to an aromatic ring is 1. The molecule has 0 spiro atoms. The van der Waals surface area contributed by atoms with Crippen LogP contribution < -0.4 is 10.7 Å². The Morgan fingerprint density at radius 3 is 2.57 bits per heavy atom. The molecule has 4 aromatic rings. The zero-order valence-electron chi connectivity index (χ0n) is 15.8. The molecule has 1 amide bonds. The maximum atomic E-state index is 14.0. The Morgan fingerprint density at radius 2 is 1.83 bits per heavy atom. The van der Waals surface area contributed by atoms with E-state index >= 15 is 0 Å². The Hall–Kier alpha value is -3.59. The molecular weight excluding hydrogens is 405 g/mol. The normalized spacial score (nSPS) is 10.8. The second-order valence-electron chi connectivity index (χ2n) is 6.34. The van der Waals surface area contributed by atoms with E-state index in [4.69, 9.17) is 10.3 Å². The van der Waals surface area contributed by atoms with Crippen LogP contribution in [0.15, 0.2) is 82.6 Å². The first kappa shape index (κ1) is 19.7. The summed E-state index contributed by atoms with van der Waals surface area (Å²) >= 11 is 1.13. The Bertz CT molecular complexity index is 1130. The number of aromatic nitrogens is 3. The number of halogens is 1. The fourth-order valence-corrected chi connectivity index (χ4v) is 3.63. The van der Waals surface area contributed by atoms with Gasteiger partial charge in [-0.25, -0.2) is 9.07 Å². The molecule has 0 aliphatic heterocycles. The van der Waals surface area contributed by atoms with Gasteiger partial charge in [0.15, 0.2) is 5.82 Å². The first-order valence-corrected chi connectivity index (χ1v) is 10.1. The average Bonchev–Trinajstić information content (AvgIpc) is 3.41. The maximum Gasteiger partial charge on any atom is 0.237 e. The van der Waals surface area contributed by atoms with Gasteiger partial charge in [-0.15, -0.1) is 10.2 Å². The number of anilines is 1. The Morgan fingerprint density at radius 1 is 1.07 bits per heavy atom. The summed E-state index contributed by atoms with van der Waals surface area (Å²) in [6.45, 7) is 0.298. The third-order valence-corrected chi connectivity index (χ3v) is 5.29. The number of thioether (sulfide) groups is 1. The maximum absolute atomic E-state index is 14.0. The van der Waals surface area contributed by atoms with Gasteiger partial charge in [0, 0.05) is 5.69 Å². The van der Waals surface area contributed by atoms with E-state index in [0.717, 1.165) is 17.4 Å². The number of benzene rings is 2. The van der Waals surface area contributed by atoms with Crippen LogP contribution in [0.4, 0.5) is 10.1 Å². The average molecular weight is 423 g/mol. The van der Waals surface area contributed by atoms with E-state index in [0.29, 0.717) is 17.5 Å². The minimum absolute atomic E-state index is 0.0716. The summed E-state index contributed by atoms with van der Waals surface area (Å²) in [6.07, 6.45) is 1.57. The number of hydrogen-bond donors (Lipinski definition) is 1. The van der Waals surface area contributed by atoms with Gasteiger partial charge in [-0.2, -0.15) is 0 Å². The number of rotatable bonds is 7. The highest BCUT2D eigenvalue weighted by molar-refractivity contribution is 7.99. The van der Waals surface area contributed by atoms with Crippen molar-refractivity contribution in [3.63, 3.8) is 0 Å². The zero-order valence-corrected chi connectivity index (χ0v) is 16.6. The van der Waals surface area contributed by atoms with E-state index in [-0.39, 0.29) is 23.0 Å². The molecule has 0 bridgehead atoms. The Labute approximate surface area is 176 Å². The number of carbonyl (C=O) groups excluding carboxylic acids is 1. The minimum Gasteiger partial charge on any atom is -0.467 e. The molecule has 152 valence electrons. The lowest BCUT2D eigenvalue weighted by atomic mass is 10.2. The van der Waals surface area contributed by atoms with Crippen LogP contribution in [0.3, 0.4) is 0 Å². The van der Waals surface area contributed by atoms with Crippen molar-refractivity contribution < 1.29 is 13.6 Å². The standard InChI is InChI=1S/C21H18FN5O2S/c22-18-11-5-4-10-17(18)20-24-25-21(27(20)23)30-14-19(28)26(13-16-9-6-12-29-16)15-7-2-1-3-8-15/h1-12H,13-14,23H2. The van der Waals surface area contributed by atoms with Crippen molar-refractivity contribution in [1.82, 2.24) is 14.9 Å². The Balaban J connectivity index is 1.51. The highest BCUT2D eigenvalue weighted by Crippen LogP contribution is 2.25. The summed E-state index contributed by atoms with van der Waals surface area (Å²) < 4.78 is 20.6. The van der Waals surface area contributed by atoms with E-state index in [1.807, 2.05) is 36.4 Å². The van der Waals surface area contributed by atoms with Gasteiger partial charge < -0.3 is 15.2 Å². The minimum atomic E-state index is -0.446. The molecule has 0 aliphatic rings. The highest BCUT2D eigenvalue weighted by Gasteiger charge is 2.20. The van der Waals surface area contributed by atoms with Gasteiger partial charge in [0.05, 0.1) is 24.1 Å². The molecule has 2 aromatic heterocycles. The van der Waals surface area contributed by atoms with E-state index in [2.05, 4.69) is 10.2 Å². The summed E-state index contributed by atoms with van der Waals surface area (Å²) in [5.74, 6) is 6.38. The van der Waals surface area contributed by atoms with Crippen molar-refractivity contribution in [3.05, 3.63) is 84.6 Å². The van der Waals surface area contributed by atoms with Crippen LogP contribution >= 0.6 is 11.8 Å². The molecule has 9 heteroatoms. The number of hydrogen-bond acceptors (Lipinski definition) is 6. The van der Waals surface area contributed by atoms with Crippen molar-refractivity contribution in [2.75, 3.05) is 16.5 Å². The van der Waals surface area contributed by atoms with Crippen LogP contribution in [0.2, 0.25) is 0 Å². The zero-order chi connectivity index (χ0) is 20.9. The van der Waals surface area contributed by atoms with Gasteiger partial charge in [-0.05, 0) is 36.4 Å². The first-order valence-electron chi connectivity index (χ1n) is 9.09. The topological polar surface area (TPSA) is 90.2 Å². The molecule has 0 unspecified atom stereocenters. The summed E-state index contributed by atoms with van der Waals surface area (Å²) in [5.41, 5.74) is 0.996. The van der Waals surface area contributed by atoms with E-state index < -0.39 is 5.82 Å². The van der Waals surface area contributed by atoms with E-state index in [1.165, 1.54) is 10.7 Å². The molecule has 0 fully saturated rings. The van der Waals surface area contributed by atoms with Gasteiger partial charge in [0.1, 0.15) is 11.6 Å². The molecule has 30 heavy (non-hydrogen) atoms. The predicted octanol–water partition coefficient (Wildman–Crippen LogP) is 3.72. The van der Waals surface area contributed by atoms with E-state index in [1.54, 1.807) is 35.4 Å². The van der Waals surface area contributed by atoms with Crippen LogP contribution in [-0.2, 0) is 11.3 Å². The number of furan rings is 1. The number of nitrogens with zero attached hydrogens (tertiary/aromatic N) is 4. The van der Waals surface area contributed by atoms with Crippen molar-refractivity contribution >= 4 is 23.4 Å². The number of carbonyl (C=O) groups is 1. The molecule has 7 nitrogen and oxygen atoms in total. The van der Waals surface area contributed by atoms with Gasteiger partial charge in [-0.3, -0.25) is 4.79 Å². The largest absolute Gasteiger partial charge is 0.467 e. The van der Waals surface area contributed by atoms with Gasteiger partial charge in [0.25, 0.3) is 0 Å². The first-order chi connectivity index (χ1) is 14.6. The van der Waals surface area contributed by atoms with E-state index in [9.17, 15) is 9.18 Å². The van der Waals surface area contributed by atoms with Crippen molar-refractivity contribution in [3.8, 4) is 11.4 Å². The predicted molar refractivity (Wildman–Crippen MR) is 113 cm³/mol. The second-order valence-corrected chi connectivity index (χ2v) is 7.28. The van der Waals surface area contributed by atoms with Crippen LogP contribution in [-0.4, -0.2) is 26.5 Å². The fraction of sp³-hybridized carbons (Fsp3) is 0.0952. The highest BCUT2D eigenvalue weighted by atomic mass is 32.2. The molecule has 2 aromatic carbocycles. The monoisotopic (exact) mass is 423 g/mol. The smallest absolute Gasteiger partial charge is 0.237 e. The lowest BCUT2D eigenvalue weighted by Gasteiger charge is -2.21. The molecule has 0 radical (unpaired) electrons. The van der Waals surface area contributed by atoms with Crippen LogP contribution in [0.1, 0.15) is 5.76 Å². The van der Waals surface area contributed by atoms with Crippen molar-refractivity contribution in [2.45, 2.75) is 11.7 Å². The van der Waals surface area contributed by atoms with Crippen LogP contribution in [0.5, 0.6) is 0 Å². The molecule has 4 rings (SSSR count). The summed E-state index contributed by atoms with van der Waals surface area (Å²) in [4.78, 5) is 14.6.